The molecule has 1 aliphatic heterocycles. The fraction of sp³-hybridized carbons (Fsp3) is 0.333. The standard InChI is InChI=1S/C15H16N2O3/c1-19-14-4-5-15(18)17(16-14)8-6-11-2-3-13-12(10-11)7-9-20-13/h2-5,10H,6-9H2,1H3. The maximum Gasteiger partial charge on any atom is 0.266 e. The van der Waals surface area contributed by atoms with Crippen LogP contribution in [0, 0.1) is 0 Å². The molecule has 1 aromatic heterocycles. The summed E-state index contributed by atoms with van der Waals surface area (Å²) in [5.41, 5.74) is 2.31. The minimum absolute atomic E-state index is 0.115. The molecule has 0 unspecified atom stereocenters. The summed E-state index contributed by atoms with van der Waals surface area (Å²) in [5.74, 6) is 1.43. The normalized spacial score (nSPS) is 12.8. The molecule has 3 rings (SSSR count). The largest absolute Gasteiger partial charge is 0.493 e. The monoisotopic (exact) mass is 272 g/mol. The van der Waals surface area contributed by atoms with Crippen LogP contribution in [0.3, 0.4) is 0 Å². The Bertz CT molecular complexity index is 679. The van der Waals surface area contributed by atoms with Crippen LogP contribution in [-0.2, 0) is 19.4 Å². The highest BCUT2D eigenvalue weighted by atomic mass is 16.5. The van der Waals surface area contributed by atoms with Gasteiger partial charge in [-0.1, -0.05) is 12.1 Å². The summed E-state index contributed by atoms with van der Waals surface area (Å²) in [7, 11) is 1.54. The Hall–Kier alpha value is -2.30. The number of rotatable bonds is 4. The van der Waals surface area contributed by atoms with Crippen molar-refractivity contribution in [3.8, 4) is 11.6 Å². The van der Waals surface area contributed by atoms with Crippen LogP contribution in [0.15, 0.2) is 35.1 Å². The Balaban J connectivity index is 1.75. The van der Waals surface area contributed by atoms with Gasteiger partial charge in [-0.3, -0.25) is 4.79 Å². The highest BCUT2D eigenvalue weighted by Crippen LogP contribution is 2.26. The molecular weight excluding hydrogens is 256 g/mol. The minimum atomic E-state index is -0.115. The van der Waals surface area contributed by atoms with Crippen LogP contribution in [-0.4, -0.2) is 23.5 Å². The molecule has 0 saturated heterocycles. The molecule has 0 N–H and O–H groups in total. The third-order valence-electron chi connectivity index (χ3n) is 3.42. The molecule has 0 radical (unpaired) electrons. The molecule has 0 amide bonds. The van der Waals surface area contributed by atoms with E-state index in [1.807, 2.05) is 12.1 Å². The van der Waals surface area contributed by atoms with Gasteiger partial charge in [0.2, 0.25) is 5.88 Å². The lowest BCUT2D eigenvalue weighted by Crippen LogP contribution is -2.23. The van der Waals surface area contributed by atoms with E-state index in [9.17, 15) is 4.79 Å². The zero-order chi connectivity index (χ0) is 13.9. The predicted octanol–water partition coefficient (Wildman–Crippen LogP) is 1.43. The summed E-state index contributed by atoms with van der Waals surface area (Å²) in [6.45, 7) is 1.30. The molecule has 1 aromatic carbocycles. The van der Waals surface area contributed by atoms with Gasteiger partial charge in [0.05, 0.1) is 13.7 Å². The molecule has 0 atom stereocenters. The van der Waals surface area contributed by atoms with Gasteiger partial charge in [-0.05, 0) is 23.6 Å². The Morgan fingerprint density at radius 2 is 2.25 bits per heavy atom. The number of benzene rings is 1. The second kappa shape index (κ2) is 5.36. The maximum absolute atomic E-state index is 11.7. The number of hydrogen-bond acceptors (Lipinski definition) is 4. The molecular formula is C15H16N2O3. The summed E-state index contributed by atoms with van der Waals surface area (Å²) in [4.78, 5) is 11.7. The Morgan fingerprint density at radius 1 is 1.35 bits per heavy atom. The molecule has 0 fully saturated rings. The number of ether oxygens (including phenoxy) is 2. The van der Waals surface area contributed by atoms with Gasteiger partial charge in [-0.15, -0.1) is 5.10 Å². The van der Waals surface area contributed by atoms with Crippen molar-refractivity contribution in [3.63, 3.8) is 0 Å². The lowest BCUT2D eigenvalue weighted by atomic mass is 10.1. The first-order valence-electron chi connectivity index (χ1n) is 6.63. The SMILES string of the molecule is COc1ccc(=O)n(CCc2ccc3c(c2)CCO3)n1. The average Bonchev–Trinajstić information content (AvgIpc) is 2.94. The topological polar surface area (TPSA) is 53.4 Å². The second-order valence-corrected chi connectivity index (χ2v) is 4.73. The highest BCUT2D eigenvalue weighted by Gasteiger charge is 2.12. The first-order valence-corrected chi connectivity index (χ1v) is 6.63. The van der Waals surface area contributed by atoms with Crippen molar-refractivity contribution in [3.05, 3.63) is 51.8 Å². The lowest BCUT2D eigenvalue weighted by Gasteiger charge is -2.07. The molecule has 2 aromatic rings. The van der Waals surface area contributed by atoms with Crippen molar-refractivity contribution < 1.29 is 9.47 Å². The van der Waals surface area contributed by atoms with Gasteiger partial charge in [-0.25, -0.2) is 4.68 Å². The van der Waals surface area contributed by atoms with Crippen LogP contribution in [0.5, 0.6) is 11.6 Å². The van der Waals surface area contributed by atoms with Crippen LogP contribution in [0.25, 0.3) is 0 Å². The number of fused-ring (bicyclic) bond motifs is 1. The van der Waals surface area contributed by atoms with Crippen molar-refractivity contribution >= 4 is 0 Å². The fourth-order valence-corrected chi connectivity index (χ4v) is 2.33. The van der Waals surface area contributed by atoms with Crippen molar-refractivity contribution in [1.82, 2.24) is 9.78 Å². The molecule has 104 valence electrons. The zero-order valence-corrected chi connectivity index (χ0v) is 11.3. The van der Waals surface area contributed by atoms with Gasteiger partial charge in [0.25, 0.3) is 5.56 Å². The molecule has 0 aliphatic carbocycles. The number of methoxy groups -OCH3 is 1. The smallest absolute Gasteiger partial charge is 0.266 e. The number of nitrogens with zero attached hydrogens (tertiary/aromatic N) is 2. The van der Waals surface area contributed by atoms with Gasteiger partial charge in [0.1, 0.15) is 5.75 Å². The fourth-order valence-electron chi connectivity index (χ4n) is 2.33. The summed E-state index contributed by atoms with van der Waals surface area (Å²) in [6.07, 6.45) is 1.72. The van der Waals surface area contributed by atoms with E-state index in [-0.39, 0.29) is 5.56 Å². The van der Waals surface area contributed by atoms with Crippen LogP contribution in [0.2, 0.25) is 0 Å². The number of hydrogen-bond donors (Lipinski definition) is 0. The first-order chi connectivity index (χ1) is 9.76. The highest BCUT2D eigenvalue weighted by molar-refractivity contribution is 5.39. The number of aryl methyl sites for hydroxylation is 2. The van der Waals surface area contributed by atoms with Crippen LogP contribution in [0.4, 0.5) is 0 Å². The van der Waals surface area contributed by atoms with E-state index in [0.29, 0.717) is 12.4 Å². The van der Waals surface area contributed by atoms with Gasteiger partial charge < -0.3 is 9.47 Å². The third kappa shape index (κ3) is 2.52. The summed E-state index contributed by atoms with van der Waals surface area (Å²) < 4.78 is 11.9. The van der Waals surface area contributed by atoms with Gasteiger partial charge in [0, 0.05) is 25.1 Å². The van der Waals surface area contributed by atoms with Crippen molar-refractivity contribution in [2.45, 2.75) is 19.4 Å². The quantitative estimate of drug-likeness (QED) is 0.845. The molecule has 5 nitrogen and oxygen atoms in total. The molecule has 0 bridgehead atoms. The summed E-state index contributed by atoms with van der Waals surface area (Å²) in [6, 6.07) is 9.23. The second-order valence-electron chi connectivity index (χ2n) is 4.73. The van der Waals surface area contributed by atoms with E-state index in [1.165, 1.54) is 29.0 Å². The van der Waals surface area contributed by atoms with E-state index < -0.39 is 0 Å². The minimum Gasteiger partial charge on any atom is -0.493 e. The third-order valence-corrected chi connectivity index (χ3v) is 3.42. The molecule has 2 heterocycles. The van der Waals surface area contributed by atoms with Crippen molar-refractivity contribution in [1.29, 1.82) is 0 Å². The van der Waals surface area contributed by atoms with Gasteiger partial charge in [-0.2, -0.15) is 0 Å². The molecule has 20 heavy (non-hydrogen) atoms. The van der Waals surface area contributed by atoms with E-state index in [0.717, 1.165) is 25.2 Å². The summed E-state index contributed by atoms with van der Waals surface area (Å²) in [5, 5.41) is 4.14. The molecule has 5 heteroatoms. The van der Waals surface area contributed by atoms with E-state index >= 15 is 0 Å². The Kier molecular flexibility index (Phi) is 3.41. The zero-order valence-electron chi connectivity index (χ0n) is 11.3. The van der Waals surface area contributed by atoms with Crippen LogP contribution >= 0.6 is 0 Å². The van der Waals surface area contributed by atoms with Crippen LogP contribution < -0.4 is 15.0 Å². The van der Waals surface area contributed by atoms with E-state index in [2.05, 4.69) is 11.2 Å². The predicted molar refractivity (Wildman–Crippen MR) is 74.4 cm³/mol. The van der Waals surface area contributed by atoms with Crippen molar-refractivity contribution in [2.24, 2.45) is 0 Å². The first kappa shape index (κ1) is 12.7. The Morgan fingerprint density at radius 3 is 3.10 bits per heavy atom. The van der Waals surface area contributed by atoms with Gasteiger partial charge in [0.15, 0.2) is 0 Å². The lowest BCUT2D eigenvalue weighted by molar-refractivity contribution is 0.357. The number of aromatic nitrogens is 2. The van der Waals surface area contributed by atoms with Crippen molar-refractivity contribution in [2.75, 3.05) is 13.7 Å². The maximum atomic E-state index is 11.7. The van der Waals surface area contributed by atoms with E-state index in [1.54, 1.807) is 6.07 Å². The molecule has 1 aliphatic rings. The molecule has 0 spiro atoms. The Labute approximate surface area is 116 Å². The van der Waals surface area contributed by atoms with Gasteiger partial charge >= 0.3 is 0 Å². The van der Waals surface area contributed by atoms with Crippen LogP contribution in [0.1, 0.15) is 11.1 Å². The molecule has 0 saturated carbocycles. The average molecular weight is 272 g/mol. The van der Waals surface area contributed by atoms with E-state index in [4.69, 9.17) is 9.47 Å². The summed E-state index contributed by atoms with van der Waals surface area (Å²) >= 11 is 0.